The zero-order valence-corrected chi connectivity index (χ0v) is 12.1. The normalized spacial score (nSPS) is 25.7. The Morgan fingerprint density at radius 1 is 1.48 bits per heavy atom. The number of nitrogens with zero attached hydrogens (tertiary/aromatic N) is 1. The highest BCUT2D eigenvalue weighted by atomic mass is 32.1. The van der Waals surface area contributed by atoms with Crippen LogP contribution in [0, 0.1) is 0 Å². The van der Waals surface area contributed by atoms with Gasteiger partial charge in [0, 0.05) is 13.1 Å². The van der Waals surface area contributed by atoms with Gasteiger partial charge in [0.2, 0.25) is 5.91 Å². The van der Waals surface area contributed by atoms with Crippen molar-refractivity contribution in [3.05, 3.63) is 23.2 Å². The predicted octanol–water partition coefficient (Wildman–Crippen LogP) is 0.959. The molecule has 0 spiro atoms. The van der Waals surface area contributed by atoms with Crippen molar-refractivity contribution in [1.82, 2.24) is 15.2 Å². The number of H-pyrrole nitrogens is 1. The second-order valence-electron chi connectivity index (χ2n) is 5.44. The summed E-state index contributed by atoms with van der Waals surface area (Å²) < 4.78 is 6.59. The molecule has 7 heteroatoms. The Bertz CT molecular complexity index is 679. The third-order valence-corrected chi connectivity index (χ3v) is 4.95. The van der Waals surface area contributed by atoms with Crippen LogP contribution in [0.2, 0.25) is 0 Å². The van der Waals surface area contributed by atoms with Gasteiger partial charge in [-0.25, -0.2) is 0 Å². The number of ether oxygens (including phenoxy) is 1. The van der Waals surface area contributed by atoms with Gasteiger partial charge in [0.05, 0.1) is 22.4 Å². The number of aromatic nitrogens is 1. The Morgan fingerprint density at radius 3 is 3.24 bits per heavy atom. The maximum atomic E-state index is 12.6. The monoisotopic (exact) mass is 305 g/mol. The Kier molecular flexibility index (Phi) is 2.97. The number of carbonyl (C=O) groups is 2. The number of amides is 2. The molecule has 4 heterocycles. The average Bonchev–Trinajstić information content (AvgIpc) is 3.06. The molecule has 2 amide bonds. The predicted molar refractivity (Wildman–Crippen MR) is 78.4 cm³/mol. The molecule has 2 aliphatic rings. The van der Waals surface area contributed by atoms with Gasteiger partial charge in [0.25, 0.3) is 5.91 Å². The number of aromatic amines is 1. The molecule has 2 fully saturated rings. The largest absolute Gasteiger partial charge is 0.366 e. The fraction of sp³-hybridized carbons (Fsp3) is 0.429. The highest BCUT2D eigenvalue weighted by Gasteiger charge is 2.36. The Hall–Kier alpha value is -1.86. The minimum atomic E-state index is -0.106. The van der Waals surface area contributed by atoms with Crippen molar-refractivity contribution in [3.63, 3.8) is 0 Å². The van der Waals surface area contributed by atoms with Crippen LogP contribution in [-0.2, 0) is 9.53 Å². The van der Waals surface area contributed by atoms with Gasteiger partial charge in [-0.15, -0.1) is 11.3 Å². The smallest absolute Gasteiger partial charge is 0.270 e. The van der Waals surface area contributed by atoms with Crippen LogP contribution in [0.5, 0.6) is 0 Å². The van der Waals surface area contributed by atoms with Crippen molar-refractivity contribution in [2.75, 3.05) is 19.7 Å². The lowest BCUT2D eigenvalue weighted by molar-refractivity contribution is -0.139. The SMILES string of the molecule is O=C1COC2CCN(C(=O)c3cc4sccc4[nH]3)CC2N1. The summed E-state index contributed by atoms with van der Waals surface area (Å²) in [6, 6.07) is 3.77. The molecule has 0 radical (unpaired) electrons. The van der Waals surface area contributed by atoms with E-state index >= 15 is 0 Å². The van der Waals surface area contributed by atoms with E-state index in [9.17, 15) is 9.59 Å². The summed E-state index contributed by atoms with van der Waals surface area (Å²) in [6.45, 7) is 1.28. The summed E-state index contributed by atoms with van der Waals surface area (Å²) >= 11 is 1.61. The Balaban J connectivity index is 1.52. The van der Waals surface area contributed by atoms with Crippen LogP contribution in [0.4, 0.5) is 0 Å². The lowest BCUT2D eigenvalue weighted by Gasteiger charge is -2.40. The van der Waals surface area contributed by atoms with Gasteiger partial charge in [-0.1, -0.05) is 0 Å². The molecule has 0 aliphatic carbocycles. The van der Waals surface area contributed by atoms with Crippen LogP contribution in [0.1, 0.15) is 16.9 Å². The molecule has 2 aliphatic heterocycles. The zero-order chi connectivity index (χ0) is 14.4. The summed E-state index contributed by atoms with van der Waals surface area (Å²) in [4.78, 5) is 28.9. The van der Waals surface area contributed by atoms with Crippen molar-refractivity contribution in [1.29, 1.82) is 0 Å². The minimum absolute atomic E-state index is 0.0170. The van der Waals surface area contributed by atoms with Gasteiger partial charge in [0.15, 0.2) is 0 Å². The van der Waals surface area contributed by atoms with E-state index in [2.05, 4.69) is 10.3 Å². The number of nitrogens with one attached hydrogen (secondary N) is 2. The molecule has 2 saturated heterocycles. The number of thiophene rings is 1. The first-order valence-corrected chi connectivity index (χ1v) is 7.85. The first-order chi connectivity index (χ1) is 10.2. The maximum absolute atomic E-state index is 12.6. The summed E-state index contributed by atoms with van der Waals surface area (Å²) in [5.41, 5.74) is 1.60. The molecule has 21 heavy (non-hydrogen) atoms. The Morgan fingerprint density at radius 2 is 2.38 bits per heavy atom. The first-order valence-electron chi connectivity index (χ1n) is 6.97. The molecule has 2 aromatic rings. The highest BCUT2D eigenvalue weighted by Crippen LogP contribution is 2.24. The fourth-order valence-corrected chi connectivity index (χ4v) is 3.80. The van der Waals surface area contributed by atoms with Gasteiger partial charge in [-0.3, -0.25) is 9.59 Å². The molecule has 2 N–H and O–H groups in total. The number of rotatable bonds is 1. The molecule has 110 valence electrons. The summed E-state index contributed by atoms with van der Waals surface area (Å²) in [5.74, 6) is -0.123. The number of likely N-dealkylation sites (tertiary alicyclic amines) is 1. The van der Waals surface area contributed by atoms with Gasteiger partial charge < -0.3 is 19.9 Å². The maximum Gasteiger partial charge on any atom is 0.270 e. The van der Waals surface area contributed by atoms with Gasteiger partial charge in [-0.05, 0) is 23.9 Å². The Labute approximate surface area is 125 Å². The third-order valence-electron chi connectivity index (χ3n) is 4.08. The van der Waals surface area contributed by atoms with E-state index in [0.717, 1.165) is 16.6 Å². The number of carbonyl (C=O) groups excluding carboxylic acids is 2. The molecule has 2 atom stereocenters. The molecule has 0 saturated carbocycles. The number of fused-ring (bicyclic) bond motifs is 2. The van der Waals surface area contributed by atoms with Crippen molar-refractivity contribution < 1.29 is 14.3 Å². The summed E-state index contributed by atoms with van der Waals surface area (Å²) in [6.07, 6.45) is 0.782. The molecule has 0 aromatic carbocycles. The van der Waals surface area contributed by atoms with Gasteiger partial charge in [0.1, 0.15) is 12.3 Å². The van der Waals surface area contributed by atoms with Gasteiger partial charge >= 0.3 is 0 Å². The summed E-state index contributed by atoms with van der Waals surface area (Å²) in [7, 11) is 0. The number of hydrogen-bond donors (Lipinski definition) is 2. The first kappa shape index (κ1) is 12.8. The van der Waals surface area contributed by atoms with Crippen LogP contribution in [0.25, 0.3) is 10.2 Å². The van der Waals surface area contributed by atoms with Crippen LogP contribution in [0.15, 0.2) is 17.5 Å². The highest BCUT2D eigenvalue weighted by molar-refractivity contribution is 7.17. The van der Waals surface area contributed by atoms with E-state index in [1.165, 1.54) is 0 Å². The van der Waals surface area contributed by atoms with E-state index in [0.29, 0.717) is 18.8 Å². The molecule has 6 nitrogen and oxygen atoms in total. The fourth-order valence-electron chi connectivity index (χ4n) is 3.02. The van der Waals surface area contributed by atoms with E-state index < -0.39 is 0 Å². The standard InChI is InChI=1S/C14H15N3O3S/c18-13-7-20-11-1-3-17(6-10(11)16-13)14(19)9-5-12-8(15-9)2-4-21-12/h2,4-5,10-11,15H,1,3,6-7H2,(H,16,18). The van der Waals surface area contributed by atoms with Crippen molar-refractivity contribution >= 4 is 33.4 Å². The van der Waals surface area contributed by atoms with E-state index in [4.69, 9.17) is 4.74 Å². The molecule has 2 aromatic heterocycles. The zero-order valence-electron chi connectivity index (χ0n) is 11.3. The molecular formula is C14H15N3O3S. The molecule has 4 rings (SSSR count). The van der Waals surface area contributed by atoms with Crippen molar-refractivity contribution in [2.24, 2.45) is 0 Å². The van der Waals surface area contributed by atoms with Gasteiger partial charge in [-0.2, -0.15) is 0 Å². The quantitative estimate of drug-likeness (QED) is 0.824. The summed E-state index contributed by atoms with van der Waals surface area (Å²) in [5, 5.41) is 4.91. The number of piperidine rings is 1. The van der Waals surface area contributed by atoms with E-state index in [1.807, 2.05) is 17.5 Å². The van der Waals surface area contributed by atoms with Crippen LogP contribution < -0.4 is 5.32 Å². The average molecular weight is 305 g/mol. The number of hydrogen-bond acceptors (Lipinski definition) is 4. The van der Waals surface area contributed by atoms with Crippen LogP contribution in [-0.4, -0.2) is 53.5 Å². The topological polar surface area (TPSA) is 74.4 Å². The van der Waals surface area contributed by atoms with Crippen LogP contribution >= 0.6 is 11.3 Å². The number of morpholine rings is 1. The van der Waals surface area contributed by atoms with Crippen molar-refractivity contribution in [3.8, 4) is 0 Å². The molecule has 2 unspecified atom stereocenters. The van der Waals surface area contributed by atoms with Crippen LogP contribution in [0.3, 0.4) is 0 Å². The van der Waals surface area contributed by atoms with E-state index in [1.54, 1.807) is 16.2 Å². The van der Waals surface area contributed by atoms with E-state index in [-0.39, 0.29) is 30.6 Å². The second-order valence-corrected chi connectivity index (χ2v) is 6.39. The molecule has 0 bridgehead atoms. The van der Waals surface area contributed by atoms with Crippen molar-refractivity contribution in [2.45, 2.75) is 18.6 Å². The minimum Gasteiger partial charge on any atom is -0.366 e. The lowest BCUT2D eigenvalue weighted by atomic mass is 10.0. The lowest BCUT2D eigenvalue weighted by Crippen LogP contribution is -2.61. The third kappa shape index (κ3) is 2.22. The second kappa shape index (κ2) is 4.85. The molecular weight excluding hydrogens is 290 g/mol.